The van der Waals surface area contributed by atoms with Gasteiger partial charge in [-0.1, -0.05) is 31.4 Å². The number of halogens is 1. The molecule has 0 amide bonds. The van der Waals surface area contributed by atoms with Crippen LogP contribution in [0.15, 0.2) is 36.5 Å². The summed E-state index contributed by atoms with van der Waals surface area (Å²) in [5.74, 6) is 0.267. The molecule has 0 spiro atoms. The van der Waals surface area contributed by atoms with Crippen LogP contribution in [0.4, 0.5) is 0 Å². The molecular formula is C18H17ClN2O3. The maximum atomic E-state index is 12.1. The SMILES string of the molecule is CCCCCOc1ccc(C(=O)Oc2ccc(C#N)c(Cl)c2)nc1. The van der Waals surface area contributed by atoms with Gasteiger partial charge in [-0.3, -0.25) is 0 Å². The van der Waals surface area contributed by atoms with Gasteiger partial charge in [0.15, 0.2) is 0 Å². The van der Waals surface area contributed by atoms with Crippen LogP contribution in [0.5, 0.6) is 11.5 Å². The molecule has 0 radical (unpaired) electrons. The fourth-order valence-corrected chi connectivity index (χ4v) is 2.15. The van der Waals surface area contributed by atoms with Crippen LogP contribution in [0.3, 0.4) is 0 Å². The van der Waals surface area contributed by atoms with Crippen molar-refractivity contribution in [3.63, 3.8) is 0 Å². The normalized spacial score (nSPS) is 10.0. The van der Waals surface area contributed by atoms with Crippen molar-refractivity contribution >= 4 is 17.6 Å². The van der Waals surface area contributed by atoms with Crippen LogP contribution in [-0.4, -0.2) is 17.6 Å². The summed E-state index contributed by atoms with van der Waals surface area (Å²) >= 11 is 5.90. The summed E-state index contributed by atoms with van der Waals surface area (Å²) in [5, 5.41) is 9.05. The lowest BCUT2D eigenvalue weighted by atomic mass is 10.2. The number of rotatable bonds is 7. The fourth-order valence-electron chi connectivity index (χ4n) is 1.94. The minimum atomic E-state index is -0.603. The third kappa shape index (κ3) is 4.97. The average molecular weight is 345 g/mol. The molecule has 6 heteroatoms. The second-order valence-corrected chi connectivity index (χ2v) is 5.48. The zero-order valence-electron chi connectivity index (χ0n) is 13.3. The van der Waals surface area contributed by atoms with E-state index in [1.807, 2.05) is 6.07 Å². The van der Waals surface area contributed by atoms with Gasteiger partial charge in [0, 0.05) is 6.07 Å². The van der Waals surface area contributed by atoms with Gasteiger partial charge in [-0.15, -0.1) is 0 Å². The van der Waals surface area contributed by atoms with Crippen molar-refractivity contribution in [2.75, 3.05) is 6.61 Å². The van der Waals surface area contributed by atoms with E-state index in [0.717, 1.165) is 19.3 Å². The number of ether oxygens (including phenoxy) is 2. The lowest BCUT2D eigenvalue weighted by molar-refractivity contribution is 0.0728. The molecule has 124 valence electrons. The Hall–Kier alpha value is -2.58. The predicted octanol–water partition coefficient (Wildman–Crippen LogP) is 4.39. The first-order chi connectivity index (χ1) is 11.6. The molecule has 0 unspecified atom stereocenters. The van der Waals surface area contributed by atoms with E-state index in [2.05, 4.69) is 11.9 Å². The molecule has 0 N–H and O–H groups in total. The Morgan fingerprint density at radius 1 is 1.25 bits per heavy atom. The van der Waals surface area contributed by atoms with E-state index in [1.54, 1.807) is 12.1 Å². The monoisotopic (exact) mass is 344 g/mol. The Morgan fingerprint density at radius 2 is 2.04 bits per heavy atom. The molecule has 0 aliphatic carbocycles. The molecule has 0 aliphatic rings. The minimum Gasteiger partial charge on any atom is -0.492 e. The summed E-state index contributed by atoms with van der Waals surface area (Å²) in [6.07, 6.45) is 4.73. The van der Waals surface area contributed by atoms with E-state index in [-0.39, 0.29) is 16.5 Å². The summed E-state index contributed by atoms with van der Waals surface area (Å²) in [7, 11) is 0. The highest BCUT2D eigenvalue weighted by molar-refractivity contribution is 6.31. The number of benzene rings is 1. The van der Waals surface area contributed by atoms with E-state index < -0.39 is 5.97 Å². The van der Waals surface area contributed by atoms with Crippen molar-refractivity contribution in [3.05, 3.63) is 52.8 Å². The number of unbranched alkanes of at least 4 members (excludes halogenated alkanes) is 2. The third-order valence-electron chi connectivity index (χ3n) is 3.23. The van der Waals surface area contributed by atoms with Crippen molar-refractivity contribution in [1.82, 2.24) is 4.98 Å². The van der Waals surface area contributed by atoms with Gasteiger partial charge in [0.1, 0.15) is 23.3 Å². The first-order valence-corrected chi connectivity index (χ1v) is 8.02. The Bertz CT molecular complexity index is 739. The number of nitriles is 1. The molecule has 0 atom stereocenters. The highest BCUT2D eigenvalue weighted by Gasteiger charge is 2.12. The van der Waals surface area contributed by atoms with Crippen molar-refractivity contribution in [2.24, 2.45) is 0 Å². The molecule has 0 aliphatic heterocycles. The Labute approximate surface area is 145 Å². The van der Waals surface area contributed by atoms with Gasteiger partial charge in [0.05, 0.1) is 23.4 Å². The summed E-state index contributed by atoms with van der Waals surface area (Å²) in [4.78, 5) is 16.1. The molecule has 1 aromatic heterocycles. The maximum absolute atomic E-state index is 12.1. The first-order valence-electron chi connectivity index (χ1n) is 7.64. The van der Waals surface area contributed by atoms with Crippen LogP contribution in [0, 0.1) is 11.3 Å². The molecule has 0 saturated carbocycles. The number of hydrogen-bond donors (Lipinski definition) is 0. The molecule has 0 saturated heterocycles. The van der Waals surface area contributed by atoms with E-state index in [9.17, 15) is 4.79 Å². The van der Waals surface area contributed by atoms with Crippen molar-refractivity contribution in [3.8, 4) is 17.6 Å². The maximum Gasteiger partial charge on any atom is 0.362 e. The van der Waals surface area contributed by atoms with E-state index in [0.29, 0.717) is 17.9 Å². The summed E-state index contributed by atoms with van der Waals surface area (Å²) in [5.41, 5.74) is 0.482. The van der Waals surface area contributed by atoms with Crippen LogP contribution in [-0.2, 0) is 0 Å². The highest BCUT2D eigenvalue weighted by atomic mass is 35.5. The minimum absolute atomic E-state index is 0.163. The van der Waals surface area contributed by atoms with E-state index in [4.69, 9.17) is 26.3 Å². The quantitative estimate of drug-likeness (QED) is 0.423. The second-order valence-electron chi connectivity index (χ2n) is 5.08. The van der Waals surface area contributed by atoms with Gasteiger partial charge in [-0.25, -0.2) is 9.78 Å². The van der Waals surface area contributed by atoms with Crippen LogP contribution in [0.1, 0.15) is 42.2 Å². The van der Waals surface area contributed by atoms with E-state index >= 15 is 0 Å². The summed E-state index contributed by atoms with van der Waals surface area (Å²) in [6, 6.07) is 9.58. The zero-order valence-corrected chi connectivity index (χ0v) is 14.0. The van der Waals surface area contributed by atoms with Gasteiger partial charge in [-0.2, -0.15) is 5.26 Å². The Kier molecular flexibility index (Phi) is 6.59. The predicted molar refractivity (Wildman–Crippen MR) is 90.4 cm³/mol. The first kappa shape index (κ1) is 17.8. The summed E-state index contributed by atoms with van der Waals surface area (Å²) < 4.78 is 10.7. The molecule has 0 fully saturated rings. The van der Waals surface area contributed by atoms with Crippen molar-refractivity contribution in [1.29, 1.82) is 5.26 Å². The zero-order chi connectivity index (χ0) is 17.4. The van der Waals surface area contributed by atoms with Crippen molar-refractivity contribution < 1.29 is 14.3 Å². The average Bonchev–Trinajstić information content (AvgIpc) is 2.59. The number of hydrogen-bond acceptors (Lipinski definition) is 5. The molecule has 2 rings (SSSR count). The topological polar surface area (TPSA) is 72.2 Å². The lowest BCUT2D eigenvalue weighted by Gasteiger charge is -2.07. The summed E-state index contributed by atoms with van der Waals surface area (Å²) in [6.45, 7) is 2.76. The van der Waals surface area contributed by atoms with Gasteiger partial charge in [0.25, 0.3) is 0 Å². The van der Waals surface area contributed by atoms with Crippen LogP contribution >= 0.6 is 11.6 Å². The Balaban J connectivity index is 1.95. The molecule has 1 heterocycles. The standard InChI is InChI=1S/C18H17ClN2O3/c1-2-3-4-9-23-15-7-8-17(21-12-15)18(22)24-14-6-5-13(11-20)16(19)10-14/h5-8,10,12H,2-4,9H2,1H3. The van der Waals surface area contributed by atoms with Gasteiger partial charge >= 0.3 is 5.97 Å². The molecule has 2 aromatic rings. The molecule has 1 aromatic carbocycles. The van der Waals surface area contributed by atoms with Gasteiger partial charge in [0.2, 0.25) is 0 Å². The number of esters is 1. The largest absolute Gasteiger partial charge is 0.492 e. The number of carbonyl (C=O) groups excluding carboxylic acids is 1. The van der Waals surface area contributed by atoms with Crippen LogP contribution < -0.4 is 9.47 Å². The van der Waals surface area contributed by atoms with E-state index in [1.165, 1.54) is 24.4 Å². The molecule has 24 heavy (non-hydrogen) atoms. The van der Waals surface area contributed by atoms with Gasteiger partial charge < -0.3 is 9.47 Å². The number of aromatic nitrogens is 1. The van der Waals surface area contributed by atoms with Crippen LogP contribution in [0.25, 0.3) is 0 Å². The number of nitrogens with zero attached hydrogens (tertiary/aromatic N) is 2. The fraction of sp³-hybridized carbons (Fsp3) is 0.278. The smallest absolute Gasteiger partial charge is 0.362 e. The van der Waals surface area contributed by atoms with Gasteiger partial charge in [-0.05, 0) is 30.7 Å². The lowest BCUT2D eigenvalue weighted by Crippen LogP contribution is -2.10. The molecule has 0 bridgehead atoms. The van der Waals surface area contributed by atoms with Crippen LogP contribution in [0.2, 0.25) is 5.02 Å². The number of carbonyl (C=O) groups is 1. The van der Waals surface area contributed by atoms with Crippen molar-refractivity contribution in [2.45, 2.75) is 26.2 Å². The molecular weight excluding hydrogens is 328 g/mol. The number of pyridine rings is 1. The Morgan fingerprint density at radius 3 is 2.67 bits per heavy atom. The molecule has 5 nitrogen and oxygen atoms in total. The third-order valence-corrected chi connectivity index (χ3v) is 3.55. The second kappa shape index (κ2) is 8.90. The highest BCUT2D eigenvalue weighted by Crippen LogP contribution is 2.22.